The fraction of sp³-hybridized carbons (Fsp3) is 0.333. The minimum atomic E-state index is 0.465. The van der Waals surface area contributed by atoms with Gasteiger partial charge in [0.15, 0.2) is 11.5 Å². The van der Waals surface area contributed by atoms with Crippen LogP contribution in [0.1, 0.15) is 19.5 Å². The Balaban J connectivity index is 2.13. The highest BCUT2D eigenvalue weighted by molar-refractivity contribution is 5.41. The van der Waals surface area contributed by atoms with Crippen molar-refractivity contribution in [2.24, 2.45) is 0 Å². The lowest BCUT2D eigenvalue weighted by Gasteiger charge is -2.11. The van der Waals surface area contributed by atoms with Gasteiger partial charge in [0.25, 0.3) is 0 Å². The van der Waals surface area contributed by atoms with E-state index >= 15 is 0 Å². The molecule has 106 valence electrons. The second-order valence-electron chi connectivity index (χ2n) is 4.11. The van der Waals surface area contributed by atoms with E-state index in [4.69, 9.17) is 9.47 Å². The minimum absolute atomic E-state index is 0.465. The molecule has 1 aromatic carbocycles. The predicted molar refractivity (Wildman–Crippen MR) is 77.1 cm³/mol. The number of aromatic nitrogens is 2. The number of hydrogen-bond acceptors (Lipinski definition) is 5. The van der Waals surface area contributed by atoms with Gasteiger partial charge in [0.1, 0.15) is 0 Å². The number of rotatable bonds is 7. The van der Waals surface area contributed by atoms with E-state index in [-0.39, 0.29) is 0 Å². The van der Waals surface area contributed by atoms with E-state index in [9.17, 15) is 0 Å². The largest absolute Gasteiger partial charge is 0.490 e. The molecule has 20 heavy (non-hydrogen) atoms. The Morgan fingerprint density at radius 1 is 1.10 bits per heavy atom. The molecule has 0 fully saturated rings. The average Bonchev–Trinajstić information content (AvgIpc) is 2.48. The summed E-state index contributed by atoms with van der Waals surface area (Å²) in [6, 6.07) is 7.53. The van der Waals surface area contributed by atoms with Crippen molar-refractivity contribution < 1.29 is 9.47 Å². The Morgan fingerprint density at radius 3 is 2.65 bits per heavy atom. The third-order valence-electron chi connectivity index (χ3n) is 2.58. The van der Waals surface area contributed by atoms with Crippen LogP contribution in [-0.4, -0.2) is 23.1 Å². The van der Waals surface area contributed by atoms with Gasteiger partial charge in [-0.05, 0) is 25.6 Å². The second-order valence-corrected chi connectivity index (χ2v) is 4.11. The Labute approximate surface area is 119 Å². The predicted octanol–water partition coefficient (Wildman–Crippen LogP) is 2.78. The van der Waals surface area contributed by atoms with Crippen LogP contribution in [0.4, 0.5) is 0 Å². The van der Waals surface area contributed by atoms with E-state index in [2.05, 4.69) is 15.3 Å². The van der Waals surface area contributed by atoms with Gasteiger partial charge >= 0.3 is 0 Å². The molecule has 0 amide bonds. The summed E-state index contributed by atoms with van der Waals surface area (Å²) in [5.41, 5.74) is 0.846. The summed E-state index contributed by atoms with van der Waals surface area (Å²) in [6.07, 6.45) is 3.32. The van der Waals surface area contributed by atoms with Crippen LogP contribution >= 0.6 is 0 Å². The minimum Gasteiger partial charge on any atom is -0.490 e. The zero-order chi connectivity index (χ0) is 14.2. The van der Waals surface area contributed by atoms with Crippen molar-refractivity contribution in [2.45, 2.75) is 20.4 Å². The molecule has 1 N–H and O–H groups in total. The second kappa shape index (κ2) is 7.45. The van der Waals surface area contributed by atoms with E-state index in [1.807, 2.05) is 38.1 Å². The van der Waals surface area contributed by atoms with Gasteiger partial charge in [-0.25, -0.2) is 4.98 Å². The van der Waals surface area contributed by atoms with Crippen molar-refractivity contribution in [2.75, 3.05) is 13.2 Å². The zero-order valence-corrected chi connectivity index (χ0v) is 11.8. The van der Waals surface area contributed by atoms with Crippen LogP contribution < -0.4 is 14.8 Å². The molecule has 0 unspecified atom stereocenters. The van der Waals surface area contributed by atoms with Crippen molar-refractivity contribution >= 4 is 0 Å². The Kier molecular flexibility index (Phi) is 5.32. The normalized spacial score (nSPS) is 10.3. The summed E-state index contributed by atoms with van der Waals surface area (Å²) in [5, 5.41) is 3.20. The lowest BCUT2D eigenvalue weighted by molar-refractivity contribution is 0.319. The smallest absolute Gasteiger partial charge is 0.238 e. The lowest BCUT2D eigenvalue weighted by atomic mass is 10.3. The molecule has 0 radical (unpaired) electrons. The van der Waals surface area contributed by atoms with Crippen molar-refractivity contribution in [3.8, 4) is 17.4 Å². The first-order valence-corrected chi connectivity index (χ1v) is 6.74. The fourth-order valence-electron chi connectivity index (χ4n) is 1.70. The average molecular weight is 273 g/mol. The highest BCUT2D eigenvalue weighted by Crippen LogP contribution is 2.30. The van der Waals surface area contributed by atoms with Crippen LogP contribution in [0.2, 0.25) is 0 Å². The van der Waals surface area contributed by atoms with E-state index in [0.29, 0.717) is 30.5 Å². The van der Waals surface area contributed by atoms with Gasteiger partial charge in [0.2, 0.25) is 5.88 Å². The molecule has 0 saturated heterocycles. The molecule has 5 nitrogen and oxygen atoms in total. The Hall–Kier alpha value is -2.14. The van der Waals surface area contributed by atoms with Crippen molar-refractivity contribution in [3.05, 3.63) is 42.4 Å². The molecule has 1 heterocycles. The van der Waals surface area contributed by atoms with Crippen LogP contribution in [0.25, 0.3) is 0 Å². The van der Waals surface area contributed by atoms with E-state index in [0.717, 1.165) is 12.2 Å². The number of hydrogen-bond donors (Lipinski definition) is 1. The number of benzene rings is 1. The van der Waals surface area contributed by atoms with Crippen molar-refractivity contribution in [1.82, 2.24) is 15.3 Å². The highest BCUT2D eigenvalue weighted by atomic mass is 16.5. The first kappa shape index (κ1) is 14.3. The van der Waals surface area contributed by atoms with E-state index < -0.39 is 0 Å². The molecule has 0 aliphatic heterocycles. The summed E-state index contributed by atoms with van der Waals surface area (Å²) in [7, 11) is 0. The molecular weight excluding hydrogens is 254 g/mol. The van der Waals surface area contributed by atoms with E-state index in [1.54, 1.807) is 12.4 Å². The van der Waals surface area contributed by atoms with Crippen LogP contribution in [0, 0.1) is 0 Å². The molecule has 0 bridgehead atoms. The number of ether oxygens (including phenoxy) is 2. The summed E-state index contributed by atoms with van der Waals surface area (Å²) < 4.78 is 11.3. The van der Waals surface area contributed by atoms with Crippen molar-refractivity contribution in [3.63, 3.8) is 0 Å². The number of para-hydroxylation sites is 2. The molecule has 0 saturated carbocycles. The van der Waals surface area contributed by atoms with Gasteiger partial charge in [-0.1, -0.05) is 19.1 Å². The van der Waals surface area contributed by atoms with Crippen molar-refractivity contribution in [1.29, 1.82) is 0 Å². The van der Waals surface area contributed by atoms with Gasteiger partial charge in [0, 0.05) is 12.7 Å². The van der Waals surface area contributed by atoms with Gasteiger partial charge in [-0.2, -0.15) is 0 Å². The number of nitrogens with one attached hydrogen (secondary N) is 1. The molecule has 5 heteroatoms. The maximum absolute atomic E-state index is 5.76. The molecule has 1 aromatic heterocycles. The summed E-state index contributed by atoms with van der Waals surface area (Å²) >= 11 is 0. The monoisotopic (exact) mass is 273 g/mol. The molecular formula is C15H19N3O2. The summed E-state index contributed by atoms with van der Waals surface area (Å²) in [4.78, 5) is 8.55. The third kappa shape index (κ3) is 3.93. The lowest BCUT2D eigenvalue weighted by Crippen LogP contribution is -2.13. The van der Waals surface area contributed by atoms with Gasteiger partial charge in [-0.15, -0.1) is 0 Å². The van der Waals surface area contributed by atoms with Crippen LogP contribution in [0.5, 0.6) is 17.4 Å². The molecule has 2 aromatic rings. The first-order valence-electron chi connectivity index (χ1n) is 6.74. The maximum Gasteiger partial charge on any atom is 0.238 e. The third-order valence-corrected chi connectivity index (χ3v) is 2.58. The van der Waals surface area contributed by atoms with Gasteiger partial charge < -0.3 is 14.8 Å². The molecule has 0 atom stereocenters. The summed E-state index contributed by atoms with van der Waals surface area (Å²) in [6.45, 7) is 6.14. The first-order chi connectivity index (χ1) is 9.83. The van der Waals surface area contributed by atoms with E-state index in [1.165, 1.54) is 0 Å². The summed E-state index contributed by atoms with van der Waals surface area (Å²) in [5.74, 6) is 1.81. The van der Waals surface area contributed by atoms with Gasteiger partial charge in [0.05, 0.1) is 18.5 Å². The Morgan fingerprint density at radius 2 is 1.90 bits per heavy atom. The fourth-order valence-corrected chi connectivity index (χ4v) is 1.70. The maximum atomic E-state index is 5.76. The van der Waals surface area contributed by atoms with Crippen LogP contribution in [0.3, 0.4) is 0 Å². The molecule has 0 spiro atoms. The van der Waals surface area contributed by atoms with Gasteiger partial charge in [-0.3, -0.25) is 4.98 Å². The molecule has 0 aliphatic rings. The quantitative estimate of drug-likeness (QED) is 0.840. The topological polar surface area (TPSA) is 56.3 Å². The molecule has 0 aliphatic carbocycles. The zero-order valence-electron chi connectivity index (χ0n) is 11.8. The van der Waals surface area contributed by atoms with Crippen LogP contribution in [0.15, 0.2) is 36.7 Å². The highest BCUT2D eigenvalue weighted by Gasteiger charge is 2.07. The molecule has 2 rings (SSSR count). The standard InChI is InChI=1S/C15H19N3O2/c1-3-16-9-12-10-17-11-15(18-12)20-14-8-6-5-7-13(14)19-4-2/h5-8,10-11,16H,3-4,9H2,1-2H3. The Bertz CT molecular complexity index is 546. The van der Waals surface area contributed by atoms with Crippen LogP contribution in [-0.2, 0) is 6.54 Å². The number of nitrogens with zero attached hydrogens (tertiary/aromatic N) is 2. The SMILES string of the molecule is CCNCc1cncc(Oc2ccccc2OCC)n1.